The zero-order valence-corrected chi connectivity index (χ0v) is 21.7. The van der Waals surface area contributed by atoms with E-state index in [0.717, 1.165) is 4.47 Å². The van der Waals surface area contributed by atoms with Crippen LogP contribution in [0, 0.1) is 0 Å². The monoisotopic (exact) mass is 529 g/mol. The minimum atomic E-state index is -0.788. The molecule has 1 aromatic heterocycles. The van der Waals surface area contributed by atoms with Gasteiger partial charge in [0.2, 0.25) is 0 Å². The first-order valence-electron chi connectivity index (χ1n) is 10.8. The predicted octanol–water partition coefficient (Wildman–Crippen LogP) is 4.68. The number of aromatic nitrogens is 2. The van der Waals surface area contributed by atoms with E-state index in [9.17, 15) is 9.59 Å². The molecular formula is C25H28BrN3O5. The third-order valence-electron chi connectivity index (χ3n) is 4.91. The molecule has 34 heavy (non-hydrogen) atoms. The van der Waals surface area contributed by atoms with Crippen molar-refractivity contribution < 1.29 is 19.0 Å². The maximum absolute atomic E-state index is 13.3. The second-order valence-electron chi connectivity index (χ2n) is 8.63. The lowest BCUT2D eigenvalue weighted by atomic mass is 9.95. The van der Waals surface area contributed by atoms with Gasteiger partial charge in [0.15, 0.2) is 17.6 Å². The number of methoxy groups -OCH3 is 1. The quantitative estimate of drug-likeness (QED) is 0.326. The number of hydrogen-bond acceptors (Lipinski definition) is 7. The van der Waals surface area contributed by atoms with E-state index in [4.69, 9.17) is 19.2 Å². The first kappa shape index (κ1) is 25.4. The number of rotatable bonds is 7. The molecule has 0 amide bonds. The maximum Gasteiger partial charge on any atom is 0.347 e. The van der Waals surface area contributed by atoms with E-state index in [1.54, 1.807) is 44.3 Å². The van der Waals surface area contributed by atoms with Gasteiger partial charge in [0.05, 0.1) is 30.8 Å². The largest absolute Gasteiger partial charge is 0.493 e. The molecule has 0 fully saturated rings. The standard InChI is InChI=1S/C25H28BrN3O5/c1-7-33-23(31)15(2)34-20-11-8-16(12-21(20)32-6)14-27-29-22(30)18-13-17(26)9-10-19(18)28-24(29)25(3,4)5/h8-15H,7H2,1-6H3/t15-/m0/s1. The average Bonchev–Trinajstić information content (AvgIpc) is 2.78. The predicted molar refractivity (Wildman–Crippen MR) is 135 cm³/mol. The SMILES string of the molecule is CCOC(=O)[C@H](C)Oc1ccc(C=Nn2c(C(C)(C)C)nc3ccc(Br)cc3c2=O)cc1OC. The van der Waals surface area contributed by atoms with Gasteiger partial charge in [0, 0.05) is 9.89 Å². The zero-order valence-electron chi connectivity index (χ0n) is 20.1. The normalized spacial score (nSPS) is 12.7. The van der Waals surface area contributed by atoms with Crippen LogP contribution in [0.1, 0.15) is 46.0 Å². The fourth-order valence-electron chi connectivity index (χ4n) is 3.23. The lowest BCUT2D eigenvalue weighted by molar-refractivity contribution is -0.150. The maximum atomic E-state index is 13.3. The number of nitrogens with zero attached hydrogens (tertiary/aromatic N) is 3. The highest BCUT2D eigenvalue weighted by atomic mass is 79.9. The number of benzene rings is 2. The van der Waals surface area contributed by atoms with E-state index in [2.05, 4.69) is 21.0 Å². The van der Waals surface area contributed by atoms with Crippen LogP contribution < -0.4 is 15.0 Å². The molecule has 1 atom stereocenters. The molecule has 0 radical (unpaired) electrons. The van der Waals surface area contributed by atoms with Gasteiger partial charge >= 0.3 is 5.97 Å². The van der Waals surface area contributed by atoms with Crippen molar-refractivity contribution in [3.05, 3.63) is 62.6 Å². The van der Waals surface area contributed by atoms with Crippen LogP contribution in [-0.2, 0) is 14.9 Å². The van der Waals surface area contributed by atoms with Crippen LogP contribution in [-0.4, -0.2) is 41.7 Å². The molecule has 0 saturated carbocycles. The highest BCUT2D eigenvalue weighted by Crippen LogP contribution is 2.29. The summed E-state index contributed by atoms with van der Waals surface area (Å²) in [4.78, 5) is 29.9. The number of fused-ring (bicyclic) bond motifs is 1. The highest BCUT2D eigenvalue weighted by molar-refractivity contribution is 9.10. The van der Waals surface area contributed by atoms with Gasteiger partial charge in [-0.25, -0.2) is 9.78 Å². The Hall–Kier alpha value is -3.20. The lowest BCUT2D eigenvalue weighted by Gasteiger charge is -2.21. The Bertz CT molecular complexity index is 1290. The van der Waals surface area contributed by atoms with E-state index >= 15 is 0 Å². The summed E-state index contributed by atoms with van der Waals surface area (Å²) in [6.45, 7) is 9.55. The van der Waals surface area contributed by atoms with Crippen LogP contribution in [0.25, 0.3) is 10.9 Å². The number of esters is 1. The Labute approximate surface area is 206 Å². The Balaban J connectivity index is 2.00. The molecule has 1 heterocycles. The van der Waals surface area contributed by atoms with Gasteiger partial charge in [0.1, 0.15) is 5.82 Å². The van der Waals surface area contributed by atoms with Gasteiger partial charge in [-0.05, 0) is 55.8 Å². The summed E-state index contributed by atoms with van der Waals surface area (Å²) in [6.07, 6.45) is 0.771. The van der Waals surface area contributed by atoms with Crippen LogP contribution in [0.3, 0.4) is 0 Å². The lowest BCUT2D eigenvalue weighted by Crippen LogP contribution is -2.29. The minimum absolute atomic E-state index is 0.261. The fraction of sp³-hybridized carbons (Fsp3) is 0.360. The van der Waals surface area contributed by atoms with Crippen molar-refractivity contribution in [2.24, 2.45) is 5.10 Å². The first-order valence-corrected chi connectivity index (χ1v) is 11.6. The molecule has 3 aromatic rings. The van der Waals surface area contributed by atoms with Crippen LogP contribution in [0.5, 0.6) is 11.5 Å². The van der Waals surface area contributed by atoms with Crippen molar-refractivity contribution in [3.63, 3.8) is 0 Å². The number of carbonyl (C=O) groups is 1. The molecular weight excluding hydrogens is 502 g/mol. The van der Waals surface area contributed by atoms with E-state index < -0.39 is 17.5 Å². The summed E-state index contributed by atoms with van der Waals surface area (Å²) in [5.74, 6) is 0.896. The smallest absolute Gasteiger partial charge is 0.347 e. The van der Waals surface area contributed by atoms with E-state index in [-0.39, 0.29) is 12.2 Å². The molecule has 2 aromatic carbocycles. The minimum Gasteiger partial charge on any atom is -0.493 e. The summed E-state index contributed by atoms with van der Waals surface area (Å²) < 4.78 is 18.2. The molecule has 0 aliphatic heterocycles. The number of hydrogen-bond donors (Lipinski definition) is 0. The van der Waals surface area contributed by atoms with E-state index in [0.29, 0.717) is 33.8 Å². The topological polar surface area (TPSA) is 92.0 Å². The summed E-state index contributed by atoms with van der Waals surface area (Å²) >= 11 is 3.41. The first-order chi connectivity index (χ1) is 16.0. The molecule has 0 unspecified atom stereocenters. The van der Waals surface area contributed by atoms with Crippen molar-refractivity contribution in [2.75, 3.05) is 13.7 Å². The molecule has 0 saturated heterocycles. The number of halogens is 1. The van der Waals surface area contributed by atoms with Gasteiger partial charge in [0.25, 0.3) is 5.56 Å². The Morgan fingerprint density at radius 3 is 2.59 bits per heavy atom. The Morgan fingerprint density at radius 1 is 1.21 bits per heavy atom. The van der Waals surface area contributed by atoms with Crippen molar-refractivity contribution in [1.29, 1.82) is 0 Å². The van der Waals surface area contributed by atoms with Gasteiger partial charge in [-0.2, -0.15) is 9.78 Å². The molecule has 9 heteroatoms. The molecule has 8 nitrogen and oxygen atoms in total. The second kappa shape index (κ2) is 10.4. The highest BCUT2D eigenvalue weighted by Gasteiger charge is 2.23. The van der Waals surface area contributed by atoms with Crippen molar-refractivity contribution in [3.8, 4) is 11.5 Å². The molecule has 180 valence electrons. The summed E-state index contributed by atoms with van der Waals surface area (Å²) in [5.41, 5.74) is 0.608. The summed E-state index contributed by atoms with van der Waals surface area (Å²) in [5, 5.41) is 4.94. The molecule has 3 rings (SSSR count). The number of carbonyl (C=O) groups excluding carboxylic acids is 1. The van der Waals surface area contributed by atoms with E-state index in [1.165, 1.54) is 11.8 Å². The zero-order chi connectivity index (χ0) is 25.0. The van der Waals surface area contributed by atoms with Crippen molar-refractivity contribution in [2.45, 2.75) is 46.1 Å². The molecule has 0 aliphatic rings. The molecule has 0 aliphatic carbocycles. The van der Waals surface area contributed by atoms with Crippen LogP contribution in [0.15, 0.2) is 50.8 Å². The average molecular weight is 530 g/mol. The van der Waals surface area contributed by atoms with Gasteiger partial charge in [-0.1, -0.05) is 36.7 Å². The molecule has 0 spiro atoms. The fourth-order valence-corrected chi connectivity index (χ4v) is 3.59. The summed E-state index contributed by atoms with van der Waals surface area (Å²) in [7, 11) is 1.51. The third kappa shape index (κ3) is 5.64. The third-order valence-corrected chi connectivity index (χ3v) is 5.40. The van der Waals surface area contributed by atoms with Crippen LogP contribution in [0.2, 0.25) is 0 Å². The van der Waals surface area contributed by atoms with Crippen molar-refractivity contribution >= 4 is 39.0 Å². The molecule has 0 N–H and O–H groups in total. The Kier molecular flexibility index (Phi) is 7.76. The number of ether oxygens (including phenoxy) is 3. The van der Waals surface area contributed by atoms with E-state index in [1.807, 2.05) is 32.9 Å². The second-order valence-corrected chi connectivity index (χ2v) is 9.55. The van der Waals surface area contributed by atoms with Gasteiger partial charge < -0.3 is 14.2 Å². The summed E-state index contributed by atoms with van der Waals surface area (Å²) in [6, 6.07) is 10.6. The van der Waals surface area contributed by atoms with Crippen LogP contribution in [0.4, 0.5) is 0 Å². The van der Waals surface area contributed by atoms with Crippen molar-refractivity contribution in [1.82, 2.24) is 9.66 Å². The molecule has 0 bridgehead atoms. The van der Waals surface area contributed by atoms with Gasteiger partial charge in [-0.15, -0.1) is 0 Å². The van der Waals surface area contributed by atoms with Gasteiger partial charge in [-0.3, -0.25) is 4.79 Å². The van der Waals surface area contributed by atoms with Crippen LogP contribution >= 0.6 is 15.9 Å². The Morgan fingerprint density at radius 2 is 1.94 bits per heavy atom.